The Morgan fingerprint density at radius 1 is 1.11 bits per heavy atom. The van der Waals surface area contributed by atoms with Crippen LogP contribution >= 0.6 is 0 Å². The van der Waals surface area contributed by atoms with Crippen molar-refractivity contribution in [3.8, 4) is 0 Å². The van der Waals surface area contributed by atoms with Gasteiger partial charge in [0.2, 0.25) is 10.0 Å². The summed E-state index contributed by atoms with van der Waals surface area (Å²) in [7, 11) is -3.36. The van der Waals surface area contributed by atoms with E-state index in [1.807, 2.05) is 6.07 Å². The highest BCUT2D eigenvalue weighted by atomic mass is 32.2. The van der Waals surface area contributed by atoms with Crippen LogP contribution in [0.5, 0.6) is 0 Å². The van der Waals surface area contributed by atoms with Gasteiger partial charge < -0.3 is 0 Å². The van der Waals surface area contributed by atoms with Crippen LogP contribution in [-0.2, 0) is 10.0 Å². The molecular weight excluding hydrogens is 248 g/mol. The van der Waals surface area contributed by atoms with E-state index in [9.17, 15) is 8.42 Å². The minimum absolute atomic E-state index is 0.393. The van der Waals surface area contributed by atoms with E-state index < -0.39 is 10.0 Å². The number of sulfonamides is 1. The van der Waals surface area contributed by atoms with E-state index in [0.29, 0.717) is 18.0 Å². The molecule has 94 valence electrons. The molecule has 0 radical (unpaired) electrons. The fraction of sp³-hybridized carbons (Fsp3) is 0.308. The lowest BCUT2D eigenvalue weighted by atomic mass is 10.2. The van der Waals surface area contributed by atoms with Gasteiger partial charge in [0.1, 0.15) is 0 Å². The summed E-state index contributed by atoms with van der Waals surface area (Å²) in [6.45, 7) is 1.26. The van der Waals surface area contributed by atoms with E-state index >= 15 is 0 Å². The summed E-state index contributed by atoms with van der Waals surface area (Å²) < 4.78 is 26.7. The van der Waals surface area contributed by atoms with E-state index in [4.69, 9.17) is 0 Å². The Morgan fingerprint density at radius 3 is 2.67 bits per heavy atom. The summed E-state index contributed by atoms with van der Waals surface area (Å²) in [5.41, 5.74) is 0. The van der Waals surface area contributed by atoms with Gasteiger partial charge in [-0.25, -0.2) is 8.42 Å². The average molecular weight is 262 g/mol. The third kappa shape index (κ3) is 1.79. The molecule has 18 heavy (non-hydrogen) atoms. The molecular formula is C13H14N2O2S. The van der Waals surface area contributed by atoms with Crippen molar-refractivity contribution in [3.63, 3.8) is 0 Å². The highest BCUT2D eigenvalue weighted by Gasteiger charge is 2.28. The molecule has 1 aliphatic rings. The van der Waals surface area contributed by atoms with Gasteiger partial charge in [0, 0.05) is 36.3 Å². The van der Waals surface area contributed by atoms with Crippen molar-refractivity contribution in [3.05, 3.63) is 36.7 Å². The second kappa shape index (κ2) is 4.33. The molecule has 0 aliphatic carbocycles. The van der Waals surface area contributed by atoms with Gasteiger partial charge in [0.25, 0.3) is 0 Å². The first-order valence-corrected chi connectivity index (χ1v) is 7.46. The van der Waals surface area contributed by atoms with Crippen LogP contribution in [0.2, 0.25) is 0 Å². The lowest BCUT2D eigenvalue weighted by molar-refractivity contribution is 0.478. The molecule has 3 rings (SSSR count). The number of hydrogen-bond acceptors (Lipinski definition) is 3. The zero-order chi connectivity index (χ0) is 12.6. The predicted molar refractivity (Wildman–Crippen MR) is 69.7 cm³/mol. The van der Waals surface area contributed by atoms with Crippen LogP contribution in [0.4, 0.5) is 0 Å². The molecule has 4 nitrogen and oxygen atoms in total. The summed E-state index contributed by atoms with van der Waals surface area (Å²) in [6, 6.07) is 7.09. The van der Waals surface area contributed by atoms with Gasteiger partial charge in [-0.15, -0.1) is 0 Å². The van der Waals surface area contributed by atoms with Crippen molar-refractivity contribution in [2.45, 2.75) is 17.7 Å². The van der Waals surface area contributed by atoms with Crippen LogP contribution in [0, 0.1) is 0 Å². The van der Waals surface area contributed by atoms with Gasteiger partial charge >= 0.3 is 0 Å². The second-order valence-corrected chi connectivity index (χ2v) is 6.37. The lowest BCUT2D eigenvalue weighted by Crippen LogP contribution is -2.28. The van der Waals surface area contributed by atoms with Crippen molar-refractivity contribution in [1.82, 2.24) is 9.29 Å². The monoisotopic (exact) mass is 262 g/mol. The van der Waals surface area contributed by atoms with Crippen molar-refractivity contribution in [2.24, 2.45) is 0 Å². The molecule has 0 bridgehead atoms. The second-order valence-electron chi connectivity index (χ2n) is 4.46. The highest BCUT2D eigenvalue weighted by Crippen LogP contribution is 2.27. The number of rotatable bonds is 2. The molecule has 1 aliphatic heterocycles. The number of nitrogens with zero attached hydrogens (tertiary/aromatic N) is 2. The van der Waals surface area contributed by atoms with Crippen LogP contribution in [0.1, 0.15) is 12.8 Å². The van der Waals surface area contributed by atoms with E-state index in [-0.39, 0.29) is 0 Å². The Balaban J connectivity index is 2.19. The Morgan fingerprint density at radius 2 is 1.89 bits per heavy atom. The van der Waals surface area contributed by atoms with Gasteiger partial charge in [-0.2, -0.15) is 4.31 Å². The molecule has 2 heterocycles. The first kappa shape index (κ1) is 11.6. The molecule has 0 saturated carbocycles. The number of hydrogen-bond donors (Lipinski definition) is 0. The van der Waals surface area contributed by atoms with Crippen molar-refractivity contribution < 1.29 is 8.42 Å². The van der Waals surface area contributed by atoms with Crippen molar-refractivity contribution >= 4 is 20.8 Å². The average Bonchev–Trinajstić information content (AvgIpc) is 2.92. The standard InChI is InChI=1S/C13H14N2O2S/c16-18(17,15-8-1-2-9-15)13-5-3-4-11-10-14-7-6-12(11)13/h3-7,10H,1-2,8-9H2. The number of fused-ring (bicyclic) bond motifs is 1. The summed E-state index contributed by atoms with van der Waals surface area (Å²) >= 11 is 0. The molecule has 5 heteroatoms. The normalized spacial score (nSPS) is 17.3. The van der Waals surface area contributed by atoms with E-state index in [1.54, 1.807) is 34.9 Å². The van der Waals surface area contributed by atoms with Crippen molar-refractivity contribution in [2.75, 3.05) is 13.1 Å². The molecule has 0 atom stereocenters. The Bertz CT molecular complexity index is 671. The van der Waals surface area contributed by atoms with Crippen LogP contribution < -0.4 is 0 Å². The summed E-state index contributed by atoms with van der Waals surface area (Å²) in [4.78, 5) is 4.42. The third-order valence-electron chi connectivity index (χ3n) is 3.32. The topological polar surface area (TPSA) is 50.3 Å². The first-order valence-electron chi connectivity index (χ1n) is 6.02. The lowest BCUT2D eigenvalue weighted by Gasteiger charge is -2.16. The van der Waals surface area contributed by atoms with Gasteiger partial charge in [0.05, 0.1) is 4.90 Å². The van der Waals surface area contributed by atoms with Gasteiger partial charge in [-0.3, -0.25) is 4.98 Å². The minimum atomic E-state index is -3.36. The summed E-state index contributed by atoms with van der Waals surface area (Å²) in [6.07, 6.45) is 5.22. The molecule has 1 aromatic carbocycles. The van der Waals surface area contributed by atoms with Crippen LogP contribution in [-0.4, -0.2) is 30.8 Å². The quantitative estimate of drug-likeness (QED) is 0.832. The van der Waals surface area contributed by atoms with Crippen LogP contribution in [0.3, 0.4) is 0 Å². The predicted octanol–water partition coefficient (Wildman–Crippen LogP) is 2.02. The van der Waals surface area contributed by atoms with Crippen LogP contribution in [0.25, 0.3) is 10.8 Å². The number of aromatic nitrogens is 1. The van der Waals surface area contributed by atoms with E-state index in [2.05, 4.69) is 4.98 Å². The molecule has 1 fully saturated rings. The van der Waals surface area contributed by atoms with Crippen molar-refractivity contribution in [1.29, 1.82) is 0 Å². The summed E-state index contributed by atoms with van der Waals surface area (Å²) in [5, 5.41) is 1.61. The third-order valence-corrected chi connectivity index (χ3v) is 5.28. The Kier molecular flexibility index (Phi) is 2.80. The maximum absolute atomic E-state index is 12.6. The molecule has 1 saturated heterocycles. The van der Waals surface area contributed by atoms with E-state index in [1.165, 1.54) is 0 Å². The molecule has 2 aromatic rings. The van der Waals surface area contributed by atoms with E-state index in [0.717, 1.165) is 23.6 Å². The molecule has 0 amide bonds. The maximum atomic E-state index is 12.6. The highest BCUT2D eigenvalue weighted by molar-refractivity contribution is 7.89. The fourth-order valence-electron chi connectivity index (χ4n) is 2.39. The first-order chi connectivity index (χ1) is 8.69. The number of pyridine rings is 1. The molecule has 0 unspecified atom stereocenters. The summed E-state index contributed by atoms with van der Waals surface area (Å²) in [5.74, 6) is 0. The van der Waals surface area contributed by atoms with Gasteiger partial charge in [-0.05, 0) is 25.0 Å². The Labute approximate surface area is 106 Å². The van der Waals surface area contributed by atoms with Gasteiger partial charge in [-0.1, -0.05) is 12.1 Å². The minimum Gasteiger partial charge on any atom is -0.264 e. The SMILES string of the molecule is O=S(=O)(c1cccc2cnccc12)N1CCCC1. The molecule has 0 N–H and O–H groups in total. The largest absolute Gasteiger partial charge is 0.264 e. The molecule has 1 aromatic heterocycles. The fourth-order valence-corrected chi connectivity index (χ4v) is 4.12. The maximum Gasteiger partial charge on any atom is 0.243 e. The van der Waals surface area contributed by atoms with Crippen LogP contribution in [0.15, 0.2) is 41.6 Å². The Hall–Kier alpha value is -1.46. The number of benzene rings is 1. The molecule has 0 spiro atoms. The smallest absolute Gasteiger partial charge is 0.243 e. The zero-order valence-corrected chi connectivity index (χ0v) is 10.7. The zero-order valence-electron chi connectivity index (χ0n) is 9.91. The van der Waals surface area contributed by atoms with Gasteiger partial charge in [0.15, 0.2) is 0 Å².